The maximum absolute atomic E-state index is 12.1. The molecule has 1 aromatic carbocycles. The topological polar surface area (TPSA) is 110 Å². The molecule has 0 aliphatic carbocycles. The third kappa shape index (κ3) is 4.30. The van der Waals surface area contributed by atoms with E-state index in [9.17, 15) is 14.9 Å². The first-order valence-corrected chi connectivity index (χ1v) is 6.55. The lowest BCUT2D eigenvalue weighted by Crippen LogP contribution is -2.46. The van der Waals surface area contributed by atoms with Gasteiger partial charge in [-0.1, -0.05) is 0 Å². The van der Waals surface area contributed by atoms with Crippen molar-refractivity contribution in [2.75, 3.05) is 12.3 Å². The molecule has 0 radical (unpaired) electrons. The van der Waals surface area contributed by atoms with E-state index < -0.39 is 4.92 Å². The molecule has 0 saturated carbocycles. The number of nitro groups is 1. The zero-order chi connectivity index (χ0) is 14.7. The first kappa shape index (κ1) is 17.2. The number of halogens is 1. The molecule has 116 valence electrons. The Morgan fingerprint density at radius 2 is 2.24 bits per heavy atom. The summed E-state index contributed by atoms with van der Waals surface area (Å²) in [5.41, 5.74) is 5.59. The minimum Gasteiger partial charge on any atom is -0.393 e. The van der Waals surface area contributed by atoms with Crippen molar-refractivity contribution in [2.45, 2.75) is 31.8 Å². The number of piperidine rings is 1. The first-order chi connectivity index (χ1) is 9.47. The fourth-order valence-corrected chi connectivity index (χ4v) is 2.37. The Labute approximate surface area is 128 Å². The maximum atomic E-state index is 12.1. The molecule has 8 heteroatoms. The van der Waals surface area contributed by atoms with Crippen molar-refractivity contribution in [3.63, 3.8) is 0 Å². The number of amides is 1. The molecule has 4 N–H and O–H groups in total. The van der Waals surface area contributed by atoms with Gasteiger partial charge in [0.1, 0.15) is 5.69 Å². The van der Waals surface area contributed by atoms with Gasteiger partial charge in [-0.3, -0.25) is 14.9 Å². The van der Waals surface area contributed by atoms with E-state index in [-0.39, 0.29) is 41.3 Å². The van der Waals surface area contributed by atoms with Crippen LogP contribution in [0.1, 0.15) is 30.1 Å². The summed E-state index contributed by atoms with van der Waals surface area (Å²) in [4.78, 5) is 22.3. The number of carbonyl (C=O) groups excluding carboxylic acids is 1. The third-order valence-electron chi connectivity index (χ3n) is 3.45. The first-order valence-electron chi connectivity index (χ1n) is 6.55. The van der Waals surface area contributed by atoms with Gasteiger partial charge in [-0.2, -0.15) is 0 Å². The Morgan fingerprint density at radius 3 is 2.86 bits per heavy atom. The lowest BCUT2D eigenvalue weighted by Gasteiger charge is -2.28. The summed E-state index contributed by atoms with van der Waals surface area (Å²) in [5.74, 6) is -0.299. The number of nitrogens with one attached hydrogen (secondary N) is 2. The van der Waals surface area contributed by atoms with Gasteiger partial charge in [0.2, 0.25) is 0 Å². The Bertz CT molecular complexity index is 538. The van der Waals surface area contributed by atoms with Crippen LogP contribution in [0.25, 0.3) is 0 Å². The van der Waals surface area contributed by atoms with Gasteiger partial charge in [0.25, 0.3) is 11.6 Å². The van der Waals surface area contributed by atoms with Crippen LogP contribution in [0.4, 0.5) is 11.4 Å². The Balaban J connectivity index is 0.00000220. The molecule has 2 atom stereocenters. The summed E-state index contributed by atoms with van der Waals surface area (Å²) in [5, 5.41) is 17.0. The number of hydrogen-bond donors (Lipinski definition) is 3. The van der Waals surface area contributed by atoms with Crippen molar-refractivity contribution >= 4 is 29.7 Å². The smallest absolute Gasteiger partial charge is 0.292 e. The fraction of sp³-hybridized carbons (Fsp3) is 0.462. The average Bonchev–Trinajstić information content (AvgIpc) is 2.38. The quantitative estimate of drug-likeness (QED) is 0.444. The Morgan fingerprint density at radius 1 is 1.52 bits per heavy atom. The minimum atomic E-state index is -0.585. The van der Waals surface area contributed by atoms with Crippen LogP contribution >= 0.6 is 12.4 Å². The second-order valence-corrected chi connectivity index (χ2v) is 5.08. The van der Waals surface area contributed by atoms with Crippen LogP contribution in [-0.4, -0.2) is 29.5 Å². The number of carbonyl (C=O) groups is 1. The highest BCUT2D eigenvalue weighted by molar-refractivity contribution is 5.95. The van der Waals surface area contributed by atoms with E-state index in [1.807, 2.05) is 0 Å². The molecule has 1 aliphatic heterocycles. The molecule has 7 nitrogen and oxygen atoms in total. The summed E-state index contributed by atoms with van der Waals surface area (Å²) in [6.07, 6.45) is 1.70. The van der Waals surface area contributed by atoms with Crippen LogP contribution in [0, 0.1) is 10.1 Å². The second kappa shape index (κ2) is 7.24. The summed E-state index contributed by atoms with van der Waals surface area (Å²) in [7, 11) is 0. The number of hydrogen-bond acceptors (Lipinski definition) is 5. The van der Waals surface area contributed by atoms with Crippen LogP contribution in [0.15, 0.2) is 18.2 Å². The summed E-state index contributed by atoms with van der Waals surface area (Å²) in [6, 6.07) is 4.56. The van der Waals surface area contributed by atoms with E-state index in [0.29, 0.717) is 6.04 Å². The van der Waals surface area contributed by atoms with Crippen molar-refractivity contribution < 1.29 is 9.72 Å². The van der Waals surface area contributed by atoms with Gasteiger partial charge >= 0.3 is 0 Å². The molecule has 0 aromatic heterocycles. The number of anilines is 1. The van der Waals surface area contributed by atoms with Crippen molar-refractivity contribution in [2.24, 2.45) is 0 Å². The van der Waals surface area contributed by atoms with Crippen LogP contribution in [-0.2, 0) is 0 Å². The largest absolute Gasteiger partial charge is 0.393 e. The number of nitro benzene ring substituents is 1. The summed E-state index contributed by atoms with van der Waals surface area (Å²) in [6.45, 7) is 2.92. The van der Waals surface area contributed by atoms with E-state index in [1.54, 1.807) is 0 Å². The molecule has 1 aromatic rings. The highest BCUT2D eigenvalue weighted by atomic mass is 35.5. The lowest BCUT2D eigenvalue weighted by atomic mass is 10.00. The molecule has 1 aliphatic rings. The third-order valence-corrected chi connectivity index (χ3v) is 3.45. The number of nitrogens with zero attached hydrogens (tertiary/aromatic N) is 1. The van der Waals surface area contributed by atoms with Gasteiger partial charge in [-0.25, -0.2) is 0 Å². The van der Waals surface area contributed by atoms with Crippen molar-refractivity contribution in [3.05, 3.63) is 33.9 Å². The predicted octanol–water partition coefficient (Wildman–Crippen LogP) is 1.47. The molecule has 1 saturated heterocycles. The molecule has 1 amide bonds. The number of nitrogens with two attached hydrogens (primary N) is 1. The number of benzene rings is 1. The SMILES string of the molecule is CC1CC(NC(=O)c2ccc(N)c([N+](=O)[O-])c2)CCN1.Cl. The van der Waals surface area contributed by atoms with Crippen LogP contribution < -0.4 is 16.4 Å². The number of nitrogen functional groups attached to an aromatic ring is 1. The number of rotatable bonds is 3. The maximum Gasteiger partial charge on any atom is 0.292 e. The van der Waals surface area contributed by atoms with Crippen molar-refractivity contribution in [1.82, 2.24) is 10.6 Å². The van der Waals surface area contributed by atoms with Crippen molar-refractivity contribution in [3.8, 4) is 0 Å². The molecule has 2 unspecified atom stereocenters. The molecule has 2 rings (SSSR count). The minimum absolute atomic E-state index is 0. The van der Waals surface area contributed by atoms with E-state index in [4.69, 9.17) is 5.73 Å². The van der Waals surface area contributed by atoms with Gasteiger partial charge in [0, 0.05) is 23.7 Å². The molecular formula is C13H19ClN4O3. The summed E-state index contributed by atoms with van der Waals surface area (Å²) >= 11 is 0. The standard InChI is InChI=1S/C13H18N4O3.ClH/c1-8-6-10(4-5-15-8)16-13(18)9-2-3-11(14)12(7-9)17(19)20;/h2-3,7-8,10,15H,4-6,14H2,1H3,(H,16,18);1H. The second-order valence-electron chi connectivity index (χ2n) is 5.08. The predicted molar refractivity (Wildman–Crippen MR) is 82.7 cm³/mol. The lowest BCUT2D eigenvalue weighted by molar-refractivity contribution is -0.383. The average molecular weight is 315 g/mol. The van der Waals surface area contributed by atoms with Crippen LogP contribution in [0.2, 0.25) is 0 Å². The van der Waals surface area contributed by atoms with E-state index in [2.05, 4.69) is 17.6 Å². The molecular weight excluding hydrogens is 296 g/mol. The highest BCUT2D eigenvalue weighted by Gasteiger charge is 2.22. The zero-order valence-electron chi connectivity index (χ0n) is 11.7. The molecule has 0 spiro atoms. The molecule has 1 fully saturated rings. The van der Waals surface area contributed by atoms with Gasteiger partial charge in [0.05, 0.1) is 4.92 Å². The Hall–Kier alpha value is -1.86. The van der Waals surface area contributed by atoms with Gasteiger partial charge in [0.15, 0.2) is 0 Å². The van der Waals surface area contributed by atoms with Gasteiger partial charge in [-0.15, -0.1) is 12.4 Å². The summed E-state index contributed by atoms with van der Waals surface area (Å²) < 4.78 is 0. The molecule has 1 heterocycles. The fourth-order valence-electron chi connectivity index (χ4n) is 2.37. The molecule has 21 heavy (non-hydrogen) atoms. The monoisotopic (exact) mass is 314 g/mol. The molecule has 0 bridgehead atoms. The van der Waals surface area contributed by atoms with Crippen molar-refractivity contribution in [1.29, 1.82) is 0 Å². The highest BCUT2D eigenvalue weighted by Crippen LogP contribution is 2.22. The van der Waals surface area contributed by atoms with E-state index >= 15 is 0 Å². The van der Waals surface area contributed by atoms with Gasteiger partial charge < -0.3 is 16.4 Å². The van der Waals surface area contributed by atoms with Crippen LogP contribution in [0.3, 0.4) is 0 Å². The van der Waals surface area contributed by atoms with E-state index in [0.717, 1.165) is 19.4 Å². The normalized spacial score (nSPS) is 21.2. The van der Waals surface area contributed by atoms with Gasteiger partial charge in [-0.05, 0) is 38.4 Å². The Kier molecular flexibility index (Phi) is 5.92. The zero-order valence-corrected chi connectivity index (χ0v) is 12.5. The van der Waals surface area contributed by atoms with E-state index in [1.165, 1.54) is 18.2 Å². The van der Waals surface area contributed by atoms with Crippen LogP contribution in [0.5, 0.6) is 0 Å².